The van der Waals surface area contributed by atoms with Crippen molar-refractivity contribution in [2.24, 2.45) is 4.99 Å². The zero-order chi connectivity index (χ0) is 21.7. The molecule has 0 aromatic heterocycles. The van der Waals surface area contributed by atoms with E-state index in [9.17, 15) is 25.9 Å². The standard InChI is InChI=1S/C19H14N2O6S3/c1-11-8-15-18(28-17-5-3-2-4-13(17)20-15)10-14(11)21-16-9-12(29(22,23)24)6-7-19(16)30(25,26)27/h2-10H,1H3,(H,22,23,24)(H,25,26,27). The maximum atomic E-state index is 11.7. The van der Waals surface area contributed by atoms with Crippen LogP contribution in [0.2, 0.25) is 0 Å². The number of hydrogen-bond donors (Lipinski definition) is 2. The Morgan fingerprint density at radius 3 is 2.37 bits per heavy atom. The number of hydrogen-bond acceptors (Lipinski definition) is 7. The summed E-state index contributed by atoms with van der Waals surface area (Å²) in [6, 6.07) is 13.8. The second-order valence-corrected chi connectivity index (χ2v) is 10.4. The Kier molecular flexibility index (Phi) is 4.95. The molecule has 8 nitrogen and oxygen atoms in total. The molecule has 0 spiro atoms. The fraction of sp³-hybridized carbons (Fsp3) is 0.0526. The molecule has 11 heteroatoms. The number of nitrogens with zero attached hydrogens (tertiary/aromatic N) is 2. The highest BCUT2D eigenvalue weighted by Crippen LogP contribution is 2.31. The van der Waals surface area contributed by atoms with E-state index in [-0.39, 0.29) is 5.69 Å². The van der Waals surface area contributed by atoms with Gasteiger partial charge in [-0.2, -0.15) is 16.8 Å². The highest BCUT2D eigenvalue weighted by Gasteiger charge is 2.20. The van der Waals surface area contributed by atoms with Crippen molar-refractivity contribution in [3.63, 3.8) is 0 Å². The van der Waals surface area contributed by atoms with Crippen LogP contribution in [0.5, 0.6) is 0 Å². The van der Waals surface area contributed by atoms with Gasteiger partial charge in [-0.1, -0.05) is 12.1 Å². The van der Waals surface area contributed by atoms with Crippen molar-refractivity contribution in [2.75, 3.05) is 0 Å². The third-order valence-electron chi connectivity index (χ3n) is 4.35. The summed E-state index contributed by atoms with van der Waals surface area (Å²) in [5.74, 6) is 0. The van der Waals surface area contributed by atoms with Gasteiger partial charge in [-0.25, -0.2) is 9.98 Å². The molecule has 2 N–H and O–H groups in total. The van der Waals surface area contributed by atoms with Gasteiger partial charge in [0, 0.05) is 0 Å². The second-order valence-electron chi connectivity index (χ2n) is 6.48. The van der Waals surface area contributed by atoms with Crippen molar-refractivity contribution >= 4 is 47.5 Å². The summed E-state index contributed by atoms with van der Waals surface area (Å²) in [5.41, 5.74) is 1.93. The molecule has 0 fully saturated rings. The van der Waals surface area contributed by atoms with Gasteiger partial charge in [-0.05, 0) is 55.0 Å². The van der Waals surface area contributed by atoms with E-state index in [0.717, 1.165) is 39.0 Å². The summed E-state index contributed by atoms with van der Waals surface area (Å²) in [4.78, 5) is 8.56. The Labute approximate surface area is 176 Å². The highest BCUT2D eigenvalue weighted by atomic mass is 32.2. The molecule has 4 rings (SSSR count). The number of fused-ring (bicyclic) bond motifs is 2. The van der Waals surface area contributed by atoms with E-state index in [1.54, 1.807) is 19.1 Å². The van der Waals surface area contributed by atoms with Crippen molar-refractivity contribution in [3.05, 3.63) is 65.5 Å². The van der Waals surface area contributed by atoms with Crippen molar-refractivity contribution in [1.82, 2.24) is 4.98 Å². The molecule has 1 heterocycles. The Bertz CT molecular complexity index is 1560. The van der Waals surface area contributed by atoms with Gasteiger partial charge in [0.1, 0.15) is 4.90 Å². The Hall–Kier alpha value is -2.70. The van der Waals surface area contributed by atoms with Crippen molar-refractivity contribution in [1.29, 1.82) is 0 Å². The summed E-state index contributed by atoms with van der Waals surface area (Å²) in [6.07, 6.45) is 0. The summed E-state index contributed by atoms with van der Waals surface area (Å²) in [6.45, 7) is 1.75. The molecule has 154 valence electrons. The molecular weight excluding hydrogens is 448 g/mol. The van der Waals surface area contributed by atoms with Crippen LogP contribution in [0.4, 0.5) is 5.69 Å². The minimum absolute atomic E-state index is 0.311. The number of rotatable bonds is 3. The van der Waals surface area contributed by atoms with E-state index in [4.69, 9.17) is 0 Å². The van der Waals surface area contributed by atoms with Crippen LogP contribution in [0.15, 0.2) is 69.4 Å². The van der Waals surface area contributed by atoms with E-state index in [1.165, 1.54) is 11.3 Å². The third-order valence-corrected chi connectivity index (χ3v) is 7.21. The highest BCUT2D eigenvalue weighted by molar-refractivity contribution is 7.86. The summed E-state index contributed by atoms with van der Waals surface area (Å²) in [5, 5.41) is 0.369. The fourth-order valence-corrected chi connectivity index (χ4v) is 5.02. The van der Waals surface area contributed by atoms with E-state index < -0.39 is 30.0 Å². The minimum Gasteiger partial charge on any atom is -0.282 e. The number of para-hydroxylation sites is 1. The van der Waals surface area contributed by atoms with Crippen LogP contribution in [-0.4, -0.2) is 30.9 Å². The molecule has 1 aliphatic carbocycles. The van der Waals surface area contributed by atoms with E-state index in [0.29, 0.717) is 10.9 Å². The molecule has 0 amide bonds. The summed E-state index contributed by atoms with van der Waals surface area (Å²) < 4.78 is 66.1. The maximum absolute atomic E-state index is 11.7. The molecule has 0 atom stereocenters. The van der Waals surface area contributed by atoms with E-state index in [2.05, 4.69) is 9.98 Å². The van der Waals surface area contributed by atoms with Gasteiger partial charge in [-0.15, -0.1) is 11.3 Å². The van der Waals surface area contributed by atoms with Gasteiger partial charge >= 0.3 is 0 Å². The maximum Gasteiger partial charge on any atom is 0.296 e. The molecular formula is C19H14N2O6S3. The van der Waals surface area contributed by atoms with Crippen molar-refractivity contribution in [2.45, 2.75) is 16.7 Å². The molecule has 2 aromatic carbocycles. The minimum atomic E-state index is -4.68. The first-order valence-corrected chi connectivity index (χ1v) is 12.2. The monoisotopic (exact) mass is 462 g/mol. The molecule has 0 unspecified atom stereocenters. The first kappa shape index (κ1) is 20.6. The van der Waals surface area contributed by atoms with Crippen LogP contribution in [0.25, 0.3) is 20.8 Å². The molecule has 0 radical (unpaired) electrons. The van der Waals surface area contributed by atoms with Crippen molar-refractivity contribution < 1.29 is 25.9 Å². The molecule has 0 bridgehead atoms. The van der Waals surface area contributed by atoms with E-state index in [1.807, 2.05) is 24.3 Å². The Morgan fingerprint density at radius 2 is 1.67 bits per heavy atom. The quantitative estimate of drug-likeness (QED) is 0.352. The van der Waals surface area contributed by atoms with Crippen molar-refractivity contribution in [3.8, 4) is 10.6 Å². The van der Waals surface area contributed by atoms with Crippen LogP contribution in [-0.2, 0) is 20.2 Å². The first-order valence-electron chi connectivity index (χ1n) is 8.46. The Morgan fingerprint density at radius 1 is 0.933 bits per heavy atom. The smallest absolute Gasteiger partial charge is 0.282 e. The summed E-state index contributed by atoms with van der Waals surface area (Å²) >= 11 is 1.48. The fourth-order valence-electron chi connectivity index (χ4n) is 2.93. The zero-order valence-electron chi connectivity index (χ0n) is 15.3. The topological polar surface area (TPSA) is 134 Å². The SMILES string of the molecule is Cc1cc2nc3ccccc3sc-2cc1=Nc1cc(S(=O)(=O)O)ccc1S(=O)(=O)O. The molecule has 1 aliphatic heterocycles. The molecule has 0 saturated heterocycles. The zero-order valence-corrected chi connectivity index (χ0v) is 17.8. The van der Waals surface area contributed by atoms with E-state index >= 15 is 0 Å². The normalized spacial score (nSPS) is 13.2. The molecule has 2 aliphatic rings. The molecule has 30 heavy (non-hydrogen) atoms. The van der Waals surface area contributed by atoms with Gasteiger partial charge in [-0.3, -0.25) is 9.11 Å². The van der Waals surface area contributed by atoms with Gasteiger partial charge in [0.05, 0.1) is 36.7 Å². The lowest BCUT2D eigenvalue weighted by molar-refractivity contribution is 0.478. The number of benzene rings is 3. The second kappa shape index (κ2) is 7.22. The van der Waals surface area contributed by atoms with Crippen LogP contribution in [0, 0.1) is 6.92 Å². The molecule has 2 aromatic rings. The lowest BCUT2D eigenvalue weighted by Crippen LogP contribution is -2.09. The van der Waals surface area contributed by atoms with Gasteiger partial charge in [0.15, 0.2) is 0 Å². The van der Waals surface area contributed by atoms with Crippen LogP contribution in [0.3, 0.4) is 0 Å². The first-order chi connectivity index (χ1) is 14.0. The average Bonchev–Trinajstić information content (AvgIpc) is 2.65. The summed E-state index contributed by atoms with van der Waals surface area (Å²) in [7, 11) is -9.27. The van der Waals surface area contributed by atoms with Gasteiger partial charge in [0.25, 0.3) is 20.2 Å². The number of aryl methyl sites for hydroxylation is 1. The Balaban J connectivity index is 2.02. The van der Waals surface area contributed by atoms with Crippen LogP contribution >= 0.6 is 11.3 Å². The molecule has 0 saturated carbocycles. The largest absolute Gasteiger partial charge is 0.296 e. The van der Waals surface area contributed by atoms with Gasteiger partial charge < -0.3 is 0 Å². The lowest BCUT2D eigenvalue weighted by atomic mass is 10.1. The van der Waals surface area contributed by atoms with Gasteiger partial charge in [0.2, 0.25) is 0 Å². The lowest BCUT2D eigenvalue weighted by Gasteiger charge is -2.09. The van der Waals surface area contributed by atoms with Crippen LogP contribution in [0.1, 0.15) is 5.56 Å². The third kappa shape index (κ3) is 3.98. The van der Waals surface area contributed by atoms with Crippen LogP contribution < -0.4 is 5.36 Å². The predicted molar refractivity (Wildman–Crippen MR) is 112 cm³/mol. The number of aromatic nitrogens is 1. The average molecular weight is 463 g/mol. The predicted octanol–water partition coefficient (Wildman–Crippen LogP) is 3.44.